The van der Waals surface area contributed by atoms with Crippen molar-refractivity contribution < 1.29 is 9.90 Å². The Kier molecular flexibility index (Phi) is 5.86. The summed E-state index contributed by atoms with van der Waals surface area (Å²) in [6, 6.07) is 4.09. The molecule has 3 heterocycles. The third-order valence-corrected chi connectivity index (χ3v) is 6.23. The van der Waals surface area contributed by atoms with E-state index in [1.807, 2.05) is 24.1 Å². The molecule has 0 atom stereocenters. The zero-order valence-corrected chi connectivity index (χ0v) is 16.4. The number of rotatable bonds is 4. The third kappa shape index (κ3) is 4.56. The van der Waals surface area contributed by atoms with E-state index in [9.17, 15) is 9.90 Å². The number of aryl methyl sites for hydroxylation is 1. The van der Waals surface area contributed by atoms with Crippen LogP contribution in [0.1, 0.15) is 51.5 Å². The van der Waals surface area contributed by atoms with E-state index < -0.39 is 5.60 Å². The quantitative estimate of drug-likeness (QED) is 0.898. The molecular formula is C21H33N3O2. The average molecular weight is 360 g/mol. The van der Waals surface area contributed by atoms with Gasteiger partial charge in [0.1, 0.15) is 5.82 Å². The van der Waals surface area contributed by atoms with Gasteiger partial charge in [-0.25, -0.2) is 4.98 Å². The Morgan fingerprint density at radius 1 is 1.23 bits per heavy atom. The highest BCUT2D eigenvalue weighted by Crippen LogP contribution is 2.30. The summed E-state index contributed by atoms with van der Waals surface area (Å²) < 4.78 is 0. The van der Waals surface area contributed by atoms with Gasteiger partial charge in [-0.2, -0.15) is 0 Å². The molecule has 0 bridgehead atoms. The summed E-state index contributed by atoms with van der Waals surface area (Å²) in [7, 11) is 0. The van der Waals surface area contributed by atoms with Gasteiger partial charge >= 0.3 is 0 Å². The molecule has 2 fully saturated rings. The van der Waals surface area contributed by atoms with Gasteiger partial charge in [0, 0.05) is 32.4 Å². The Balaban J connectivity index is 1.49. The SMILES string of the molecule is Cc1ccc(N2CCC(O)(CC(=O)N3CCC(C(C)C)CC3)CC2)nc1. The minimum absolute atomic E-state index is 0.122. The topological polar surface area (TPSA) is 56.7 Å². The molecule has 2 aliphatic rings. The molecule has 5 heteroatoms. The van der Waals surface area contributed by atoms with E-state index >= 15 is 0 Å². The molecule has 1 amide bonds. The number of aliphatic hydroxyl groups is 1. The van der Waals surface area contributed by atoms with E-state index in [0.29, 0.717) is 18.8 Å². The van der Waals surface area contributed by atoms with Crippen molar-refractivity contribution in [1.82, 2.24) is 9.88 Å². The molecule has 0 aliphatic carbocycles. The molecule has 5 nitrogen and oxygen atoms in total. The number of carbonyl (C=O) groups excluding carboxylic acids is 1. The van der Waals surface area contributed by atoms with E-state index in [1.54, 1.807) is 0 Å². The number of pyridine rings is 1. The van der Waals surface area contributed by atoms with Crippen molar-refractivity contribution in [2.75, 3.05) is 31.1 Å². The molecule has 144 valence electrons. The van der Waals surface area contributed by atoms with Crippen LogP contribution in [0.2, 0.25) is 0 Å². The number of amides is 1. The monoisotopic (exact) mass is 359 g/mol. The van der Waals surface area contributed by atoms with Crippen molar-refractivity contribution in [3.05, 3.63) is 23.9 Å². The standard InChI is InChI=1S/C21H33N3O2/c1-16(2)18-6-10-24(11-7-18)20(25)14-21(26)8-12-23(13-9-21)19-5-4-17(3)15-22-19/h4-5,15-16,18,26H,6-14H2,1-3H3. The summed E-state index contributed by atoms with van der Waals surface area (Å²) in [6.45, 7) is 9.74. The van der Waals surface area contributed by atoms with Crippen LogP contribution < -0.4 is 4.90 Å². The summed E-state index contributed by atoms with van der Waals surface area (Å²) in [5.74, 6) is 2.50. The first-order valence-electron chi connectivity index (χ1n) is 10.0. The van der Waals surface area contributed by atoms with Crippen molar-refractivity contribution in [2.45, 2.75) is 58.5 Å². The smallest absolute Gasteiger partial charge is 0.225 e. The molecule has 2 saturated heterocycles. The first-order chi connectivity index (χ1) is 12.4. The van der Waals surface area contributed by atoms with Gasteiger partial charge < -0.3 is 14.9 Å². The molecule has 1 aromatic heterocycles. The average Bonchev–Trinajstić information content (AvgIpc) is 2.63. The second-order valence-electron chi connectivity index (χ2n) is 8.54. The molecule has 26 heavy (non-hydrogen) atoms. The zero-order chi connectivity index (χ0) is 18.7. The fourth-order valence-corrected chi connectivity index (χ4v) is 4.18. The van der Waals surface area contributed by atoms with Crippen LogP contribution in [0, 0.1) is 18.8 Å². The van der Waals surface area contributed by atoms with Crippen LogP contribution in [-0.2, 0) is 4.79 Å². The molecular weight excluding hydrogens is 326 g/mol. The van der Waals surface area contributed by atoms with Gasteiger partial charge in [0.25, 0.3) is 0 Å². The Hall–Kier alpha value is -1.62. The fraction of sp³-hybridized carbons (Fsp3) is 0.714. The third-order valence-electron chi connectivity index (χ3n) is 6.23. The lowest BCUT2D eigenvalue weighted by molar-refractivity contribution is -0.138. The first kappa shape index (κ1) is 19.2. The second-order valence-corrected chi connectivity index (χ2v) is 8.54. The lowest BCUT2D eigenvalue weighted by atomic mass is 9.85. The molecule has 0 unspecified atom stereocenters. The summed E-state index contributed by atoms with van der Waals surface area (Å²) in [5, 5.41) is 10.9. The summed E-state index contributed by atoms with van der Waals surface area (Å²) in [6.07, 6.45) is 5.56. The van der Waals surface area contributed by atoms with Crippen molar-refractivity contribution >= 4 is 11.7 Å². The van der Waals surface area contributed by atoms with Gasteiger partial charge in [0.05, 0.1) is 12.0 Å². The largest absolute Gasteiger partial charge is 0.389 e. The number of likely N-dealkylation sites (tertiary alicyclic amines) is 1. The Morgan fingerprint density at radius 2 is 1.88 bits per heavy atom. The molecule has 3 rings (SSSR count). The summed E-state index contributed by atoms with van der Waals surface area (Å²) in [5.41, 5.74) is 0.279. The predicted molar refractivity (Wildman–Crippen MR) is 104 cm³/mol. The highest BCUT2D eigenvalue weighted by Gasteiger charge is 2.36. The lowest BCUT2D eigenvalue weighted by Gasteiger charge is -2.40. The molecule has 0 aromatic carbocycles. The second kappa shape index (κ2) is 7.95. The fourth-order valence-electron chi connectivity index (χ4n) is 4.18. The van der Waals surface area contributed by atoms with Crippen molar-refractivity contribution in [1.29, 1.82) is 0 Å². The van der Waals surface area contributed by atoms with Crippen molar-refractivity contribution in [3.8, 4) is 0 Å². The van der Waals surface area contributed by atoms with Crippen LogP contribution in [0.25, 0.3) is 0 Å². The maximum absolute atomic E-state index is 12.7. The van der Waals surface area contributed by atoms with Crippen LogP contribution >= 0.6 is 0 Å². The van der Waals surface area contributed by atoms with Gasteiger partial charge in [-0.3, -0.25) is 4.79 Å². The van der Waals surface area contributed by atoms with Gasteiger partial charge in [0.2, 0.25) is 5.91 Å². The summed E-state index contributed by atoms with van der Waals surface area (Å²) in [4.78, 5) is 21.3. The van der Waals surface area contributed by atoms with Gasteiger partial charge in [-0.05, 0) is 56.1 Å². The molecule has 1 aromatic rings. The van der Waals surface area contributed by atoms with Gasteiger partial charge in [-0.1, -0.05) is 19.9 Å². The van der Waals surface area contributed by atoms with Crippen LogP contribution in [-0.4, -0.2) is 52.7 Å². The maximum atomic E-state index is 12.7. The van der Waals surface area contributed by atoms with E-state index in [2.05, 4.69) is 29.8 Å². The van der Waals surface area contributed by atoms with Crippen LogP contribution in [0.4, 0.5) is 5.82 Å². The number of aromatic nitrogens is 1. The Morgan fingerprint density at radius 3 is 2.42 bits per heavy atom. The first-order valence-corrected chi connectivity index (χ1v) is 10.0. The maximum Gasteiger partial charge on any atom is 0.225 e. The number of carbonyl (C=O) groups is 1. The van der Waals surface area contributed by atoms with Crippen molar-refractivity contribution in [2.24, 2.45) is 11.8 Å². The highest BCUT2D eigenvalue weighted by molar-refractivity contribution is 5.77. The molecule has 0 spiro atoms. The number of piperidine rings is 2. The minimum Gasteiger partial charge on any atom is -0.389 e. The lowest BCUT2D eigenvalue weighted by Crippen LogP contribution is -2.49. The molecule has 2 aliphatic heterocycles. The van der Waals surface area contributed by atoms with E-state index in [1.165, 1.54) is 0 Å². The van der Waals surface area contributed by atoms with Gasteiger partial charge in [0.15, 0.2) is 0 Å². The number of nitrogens with zero attached hydrogens (tertiary/aromatic N) is 3. The highest BCUT2D eigenvalue weighted by atomic mass is 16.3. The number of anilines is 1. The van der Waals surface area contributed by atoms with Crippen LogP contribution in [0.15, 0.2) is 18.3 Å². The van der Waals surface area contributed by atoms with Gasteiger partial charge in [-0.15, -0.1) is 0 Å². The Bertz CT molecular complexity index is 598. The number of hydrogen-bond acceptors (Lipinski definition) is 4. The predicted octanol–water partition coefficient (Wildman–Crippen LogP) is 3.01. The van der Waals surface area contributed by atoms with E-state index in [0.717, 1.165) is 56.3 Å². The normalized spacial score (nSPS) is 21.3. The number of hydrogen-bond donors (Lipinski definition) is 1. The zero-order valence-electron chi connectivity index (χ0n) is 16.4. The summed E-state index contributed by atoms with van der Waals surface area (Å²) >= 11 is 0. The molecule has 0 saturated carbocycles. The molecule has 0 radical (unpaired) electrons. The molecule has 1 N–H and O–H groups in total. The Labute approximate surface area is 157 Å². The minimum atomic E-state index is -0.868. The van der Waals surface area contributed by atoms with Crippen molar-refractivity contribution in [3.63, 3.8) is 0 Å². The van der Waals surface area contributed by atoms with E-state index in [-0.39, 0.29) is 12.3 Å². The van der Waals surface area contributed by atoms with Crippen LogP contribution in [0.3, 0.4) is 0 Å². The van der Waals surface area contributed by atoms with Crippen LogP contribution in [0.5, 0.6) is 0 Å². The van der Waals surface area contributed by atoms with E-state index in [4.69, 9.17) is 0 Å².